The highest BCUT2D eigenvalue weighted by molar-refractivity contribution is 8.01. The molecule has 5 nitrogen and oxygen atoms in total. The van der Waals surface area contributed by atoms with Crippen molar-refractivity contribution in [3.63, 3.8) is 0 Å². The predicted molar refractivity (Wildman–Crippen MR) is 97.4 cm³/mol. The highest BCUT2D eigenvalue weighted by Gasteiger charge is 2.50. The number of likely N-dealkylation sites (tertiary alicyclic amines) is 1. The van der Waals surface area contributed by atoms with Crippen LogP contribution < -0.4 is 0 Å². The lowest BCUT2D eigenvalue weighted by Gasteiger charge is -2.47. The second kappa shape index (κ2) is 7.64. The molecule has 1 atom stereocenters. The quantitative estimate of drug-likeness (QED) is 0.779. The molecule has 0 radical (unpaired) electrons. The van der Waals surface area contributed by atoms with Crippen molar-refractivity contribution in [2.45, 2.75) is 55.7 Å². The Balaban J connectivity index is 1.17. The van der Waals surface area contributed by atoms with Crippen LogP contribution in [0.25, 0.3) is 0 Å². The summed E-state index contributed by atoms with van der Waals surface area (Å²) in [5, 5.41) is 0. The van der Waals surface area contributed by atoms with Crippen LogP contribution in [0.3, 0.4) is 0 Å². The normalized spacial score (nSPS) is 25.4. The maximum absolute atomic E-state index is 12.3. The fraction of sp³-hybridized carbons (Fsp3) is 0.684. The molecule has 1 saturated carbocycles. The van der Waals surface area contributed by atoms with E-state index in [1.165, 1.54) is 12.8 Å². The molecule has 2 aliphatic heterocycles. The van der Waals surface area contributed by atoms with E-state index in [0.29, 0.717) is 12.7 Å². The summed E-state index contributed by atoms with van der Waals surface area (Å²) in [5.41, 5.74) is 1.11. The lowest BCUT2D eigenvalue weighted by Crippen LogP contribution is -2.61. The summed E-state index contributed by atoms with van der Waals surface area (Å²) in [5.74, 6) is 1.17. The predicted octanol–water partition coefficient (Wildman–Crippen LogP) is 2.64. The number of ether oxygens (including phenoxy) is 2. The average Bonchev–Trinajstić information content (AvgIpc) is 3.27. The van der Waals surface area contributed by atoms with Crippen molar-refractivity contribution in [1.29, 1.82) is 0 Å². The van der Waals surface area contributed by atoms with E-state index in [0.717, 1.165) is 43.7 Å². The number of rotatable bonds is 6. The first-order valence-corrected chi connectivity index (χ1v) is 10.2. The Morgan fingerprint density at radius 2 is 2.12 bits per heavy atom. The third-order valence-electron chi connectivity index (χ3n) is 5.44. The standard InChI is InChI=1S/C19H26N2O3S/c22-18(11-24-16-5-1-2-6-16)21-13-19(14-21)8-17(12-25-19)23-10-15-4-3-7-20-9-15/h3-4,7,9,16-17H,1-2,5-6,8,10-14H2. The van der Waals surface area contributed by atoms with Gasteiger partial charge in [0.1, 0.15) is 6.61 Å². The molecule has 136 valence electrons. The summed E-state index contributed by atoms with van der Waals surface area (Å²) in [6, 6.07) is 3.98. The minimum absolute atomic E-state index is 0.151. The van der Waals surface area contributed by atoms with Crippen LogP contribution in [0.15, 0.2) is 24.5 Å². The molecular weight excluding hydrogens is 336 g/mol. The molecule has 6 heteroatoms. The van der Waals surface area contributed by atoms with Gasteiger partial charge in [-0.05, 0) is 30.9 Å². The molecule has 3 fully saturated rings. The Kier molecular flexibility index (Phi) is 5.29. The molecule has 3 heterocycles. The number of amides is 1. The monoisotopic (exact) mass is 362 g/mol. The van der Waals surface area contributed by atoms with Crippen LogP contribution in [-0.4, -0.2) is 58.2 Å². The van der Waals surface area contributed by atoms with E-state index in [-0.39, 0.29) is 23.4 Å². The van der Waals surface area contributed by atoms with Crippen LogP contribution in [-0.2, 0) is 20.9 Å². The average molecular weight is 362 g/mol. The first kappa shape index (κ1) is 17.3. The van der Waals surface area contributed by atoms with Gasteiger partial charge in [-0.3, -0.25) is 9.78 Å². The molecule has 1 amide bonds. The second-order valence-electron chi connectivity index (χ2n) is 7.46. The summed E-state index contributed by atoms with van der Waals surface area (Å²) < 4.78 is 12.0. The van der Waals surface area contributed by atoms with E-state index in [2.05, 4.69) is 4.98 Å². The van der Waals surface area contributed by atoms with Crippen molar-refractivity contribution in [3.8, 4) is 0 Å². The molecule has 0 bridgehead atoms. The van der Waals surface area contributed by atoms with Crippen LogP contribution in [0.4, 0.5) is 0 Å². The molecule has 1 unspecified atom stereocenters. The second-order valence-corrected chi connectivity index (χ2v) is 8.95. The van der Waals surface area contributed by atoms with Crippen molar-refractivity contribution >= 4 is 17.7 Å². The zero-order valence-electron chi connectivity index (χ0n) is 14.6. The Hall–Kier alpha value is -1.11. The highest BCUT2D eigenvalue weighted by Crippen LogP contribution is 2.46. The van der Waals surface area contributed by atoms with E-state index in [1.54, 1.807) is 6.20 Å². The van der Waals surface area contributed by atoms with Gasteiger partial charge in [-0.2, -0.15) is 0 Å². The third kappa shape index (κ3) is 4.18. The Morgan fingerprint density at radius 1 is 1.28 bits per heavy atom. The minimum atomic E-state index is 0.151. The van der Waals surface area contributed by atoms with Crippen LogP contribution in [0.1, 0.15) is 37.7 Å². The van der Waals surface area contributed by atoms with Crippen molar-refractivity contribution < 1.29 is 14.3 Å². The Morgan fingerprint density at radius 3 is 2.88 bits per heavy atom. The van der Waals surface area contributed by atoms with Gasteiger partial charge in [0.2, 0.25) is 5.91 Å². The van der Waals surface area contributed by atoms with Crippen LogP contribution in [0.5, 0.6) is 0 Å². The van der Waals surface area contributed by atoms with E-state index in [1.807, 2.05) is 35.0 Å². The molecule has 25 heavy (non-hydrogen) atoms. The molecule has 3 aliphatic rings. The molecule has 1 aromatic heterocycles. The molecule has 2 saturated heterocycles. The fourth-order valence-electron chi connectivity index (χ4n) is 3.99. The molecule has 0 aromatic carbocycles. The number of pyridine rings is 1. The summed E-state index contributed by atoms with van der Waals surface area (Å²) >= 11 is 1.96. The van der Waals surface area contributed by atoms with Gasteiger partial charge in [0.25, 0.3) is 0 Å². The first-order chi connectivity index (χ1) is 12.2. The summed E-state index contributed by atoms with van der Waals surface area (Å²) in [7, 11) is 0. The van der Waals surface area contributed by atoms with Gasteiger partial charge < -0.3 is 14.4 Å². The van der Waals surface area contributed by atoms with Crippen molar-refractivity contribution in [1.82, 2.24) is 9.88 Å². The summed E-state index contributed by atoms with van der Waals surface area (Å²) in [6.07, 6.45) is 9.96. The number of hydrogen-bond acceptors (Lipinski definition) is 5. The minimum Gasteiger partial charge on any atom is -0.373 e. The molecule has 0 N–H and O–H groups in total. The number of thioether (sulfide) groups is 1. The van der Waals surface area contributed by atoms with Gasteiger partial charge in [-0.15, -0.1) is 11.8 Å². The van der Waals surface area contributed by atoms with Gasteiger partial charge in [0.05, 0.1) is 23.6 Å². The number of hydrogen-bond donors (Lipinski definition) is 0. The number of aromatic nitrogens is 1. The van der Waals surface area contributed by atoms with Gasteiger partial charge in [-0.25, -0.2) is 0 Å². The number of nitrogens with zero attached hydrogens (tertiary/aromatic N) is 2. The smallest absolute Gasteiger partial charge is 0.248 e. The first-order valence-electron chi connectivity index (χ1n) is 9.26. The molecule has 1 aromatic rings. The highest BCUT2D eigenvalue weighted by atomic mass is 32.2. The zero-order chi connectivity index (χ0) is 17.1. The topological polar surface area (TPSA) is 51.7 Å². The Bertz CT molecular complexity index is 586. The van der Waals surface area contributed by atoms with E-state index >= 15 is 0 Å². The SMILES string of the molecule is O=C(COC1CCCC1)N1CC2(CC(OCc3cccnc3)CS2)C1. The van der Waals surface area contributed by atoms with Gasteiger partial charge >= 0.3 is 0 Å². The van der Waals surface area contributed by atoms with Gasteiger partial charge in [-0.1, -0.05) is 18.9 Å². The summed E-state index contributed by atoms with van der Waals surface area (Å²) in [6.45, 7) is 2.56. The third-order valence-corrected chi connectivity index (χ3v) is 7.01. The van der Waals surface area contributed by atoms with Crippen LogP contribution >= 0.6 is 11.8 Å². The van der Waals surface area contributed by atoms with E-state index < -0.39 is 0 Å². The lowest BCUT2D eigenvalue weighted by atomic mass is 9.93. The largest absolute Gasteiger partial charge is 0.373 e. The summed E-state index contributed by atoms with van der Waals surface area (Å²) in [4.78, 5) is 18.3. The maximum Gasteiger partial charge on any atom is 0.248 e. The maximum atomic E-state index is 12.3. The van der Waals surface area contributed by atoms with Crippen molar-refractivity contribution in [2.75, 3.05) is 25.4 Å². The molecule has 4 rings (SSSR count). The van der Waals surface area contributed by atoms with Crippen LogP contribution in [0, 0.1) is 0 Å². The Labute approximate surface area is 153 Å². The van der Waals surface area contributed by atoms with E-state index in [4.69, 9.17) is 9.47 Å². The van der Waals surface area contributed by atoms with Crippen molar-refractivity contribution in [2.24, 2.45) is 0 Å². The molecule has 1 aliphatic carbocycles. The lowest BCUT2D eigenvalue weighted by molar-refractivity contribution is -0.143. The molecular formula is C19H26N2O3S. The number of carbonyl (C=O) groups excluding carboxylic acids is 1. The van der Waals surface area contributed by atoms with Crippen molar-refractivity contribution in [3.05, 3.63) is 30.1 Å². The zero-order valence-corrected chi connectivity index (χ0v) is 15.4. The van der Waals surface area contributed by atoms with Gasteiger partial charge in [0, 0.05) is 31.2 Å². The fourth-order valence-corrected chi connectivity index (χ4v) is 5.54. The molecule has 1 spiro atoms. The number of carbonyl (C=O) groups is 1. The van der Waals surface area contributed by atoms with Crippen LogP contribution in [0.2, 0.25) is 0 Å². The van der Waals surface area contributed by atoms with Gasteiger partial charge in [0.15, 0.2) is 0 Å². The van der Waals surface area contributed by atoms with E-state index in [9.17, 15) is 4.79 Å².